The molecule has 0 saturated heterocycles. The first-order valence-electron chi connectivity index (χ1n) is 11.3. The van der Waals surface area contributed by atoms with E-state index in [0.717, 1.165) is 21.4 Å². The molecule has 0 saturated carbocycles. The zero-order valence-electron chi connectivity index (χ0n) is 18.8. The third-order valence-corrected chi connectivity index (χ3v) is 7.33. The molecular weight excluding hydrogens is 460 g/mol. The Labute approximate surface area is 206 Å². The molecule has 1 aliphatic rings. The Morgan fingerprint density at radius 3 is 2.46 bits per heavy atom. The molecule has 5 rings (SSSR count). The normalized spacial score (nSPS) is 17.6. The van der Waals surface area contributed by atoms with E-state index in [1.165, 1.54) is 16.7 Å². The van der Waals surface area contributed by atoms with E-state index in [-0.39, 0.29) is 23.6 Å². The number of fused-ring (bicyclic) bond motifs is 2. The van der Waals surface area contributed by atoms with Crippen molar-refractivity contribution in [3.63, 3.8) is 0 Å². The molecule has 0 fully saturated rings. The SMILES string of the molecule is NC(=O)CN1C(=O)C(NC(=O)c2cc3ccccc3[nH]2)C(Cc2ccccc2)Sc2ccccc21. The van der Waals surface area contributed by atoms with Gasteiger partial charge < -0.3 is 20.9 Å². The van der Waals surface area contributed by atoms with Crippen LogP contribution < -0.4 is 16.0 Å². The number of nitrogens with one attached hydrogen (secondary N) is 2. The molecule has 3 amide bonds. The van der Waals surface area contributed by atoms with Gasteiger partial charge in [-0.3, -0.25) is 14.4 Å². The van der Waals surface area contributed by atoms with Gasteiger partial charge in [0.1, 0.15) is 18.3 Å². The van der Waals surface area contributed by atoms with Gasteiger partial charge in [-0.1, -0.05) is 60.7 Å². The molecule has 1 aliphatic heterocycles. The van der Waals surface area contributed by atoms with Gasteiger partial charge in [-0.05, 0) is 36.2 Å². The number of thioether (sulfide) groups is 1. The van der Waals surface area contributed by atoms with Crippen LogP contribution in [-0.4, -0.2) is 40.5 Å². The van der Waals surface area contributed by atoms with Crippen LogP contribution in [0.1, 0.15) is 16.1 Å². The van der Waals surface area contributed by atoms with Crippen LogP contribution in [0.25, 0.3) is 10.9 Å². The minimum absolute atomic E-state index is 0.271. The molecule has 0 aliphatic carbocycles. The topological polar surface area (TPSA) is 108 Å². The third kappa shape index (κ3) is 4.79. The lowest BCUT2D eigenvalue weighted by Gasteiger charge is -2.28. The molecule has 0 radical (unpaired) electrons. The van der Waals surface area contributed by atoms with E-state index in [1.54, 1.807) is 12.1 Å². The summed E-state index contributed by atoms with van der Waals surface area (Å²) in [5.41, 5.74) is 8.36. The number of H-pyrrole nitrogens is 1. The molecule has 2 atom stereocenters. The summed E-state index contributed by atoms with van der Waals surface area (Å²) >= 11 is 1.52. The van der Waals surface area contributed by atoms with Crippen molar-refractivity contribution in [2.45, 2.75) is 22.6 Å². The van der Waals surface area contributed by atoms with E-state index in [2.05, 4.69) is 10.3 Å². The van der Waals surface area contributed by atoms with Crippen LogP contribution in [0, 0.1) is 0 Å². The zero-order chi connectivity index (χ0) is 24.4. The number of rotatable bonds is 6. The number of benzene rings is 3. The second-order valence-corrected chi connectivity index (χ2v) is 9.71. The number of para-hydroxylation sites is 2. The van der Waals surface area contributed by atoms with Crippen molar-refractivity contribution < 1.29 is 14.4 Å². The lowest BCUT2D eigenvalue weighted by atomic mass is 10.0. The van der Waals surface area contributed by atoms with Crippen LogP contribution in [0.3, 0.4) is 0 Å². The Hall–Kier alpha value is -4.04. The number of anilines is 1. The molecule has 4 aromatic rings. The fraction of sp³-hybridized carbons (Fsp3) is 0.148. The monoisotopic (exact) mass is 484 g/mol. The second kappa shape index (κ2) is 9.68. The second-order valence-electron chi connectivity index (χ2n) is 8.43. The van der Waals surface area contributed by atoms with Crippen LogP contribution in [0.15, 0.2) is 89.8 Å². The lowest BCUT2D eigenvalue weighted by Crippen LogP contribution is -2.54. The fourth-order valence-corrected chi connectivity index (χ4v) is 5.73. The van der Waals surface area contributed by atoms with E-state index in [9.17, 15) is 14.4 Å². The summed E-state index contributed by atoms with van der Waals surface area (Å²) in [6, 6.07) is 25.7. The molecule has 35 heavy (non-hydrogen) atoms. The molecule has 7 nitrogen and oxygen atoms in total. The van der Waals surface area contributed by atoms with Crippen LogP contribution in [0.5, 0.6) is 0 Å². The maximum Gasteiger partial charge on any atom is 0.268 e. The van der Waals surface area contributed by atoms with Crippen molar-refractivity contribution in [2.24, 2.45) is 5.73 Å². The average molecular weight is 485 g/mol. The van der Waals surface area contributed by atoms with Gasteiger partial charge in [0.2, 0.25) is 5.91 Å². The summed E-state index contributed by atoms with van der Waals surface area (Å²) in [5.74, 6) is -1.38. The van der Waals surface area contributed by atoms with Gasteiger partial charge in [0.15, 0.2) is 0 Å². The third-order valence-electron chi connectivity index (χ3n) is 5.99. The first-order chi connectivity index (χ1) is 17.0. The van der Waals surface area contributed by atoms with Gasteiger partial charge in [0.25, 0.3) is 11.8 Å². The number of aromatic amines is 1. The molecule has 2 unspecified atom stereocenters. The lowest BCUT2D eigenvalue weighted by molar-refractivity contribution is -0.123. The Morgan fingerprint density at radius 2 is 1.69 bits per heavy atom. The highest BCUT2D eigenvalue weighted by atomic mass is 32.2. The molecule has 8 heteroatoms. The van der Waals surface area contributed by atoms with Crippen molar-refractivity contribution in [1.29, 1.82) is 0 Å². The molecule has 176 valence electrons. The molecule has 1 aromatic heterocycles. The maximum absolute atomic E-state index is 13.9. The average Bonchev–Trinajstić information content (AvgIpc) is 3.27. The molecule has 0 spiro atoms. The number of aromatic nitrogens is 1. The van der Waals surface area contributed by atoms with Crippen LogP contribution in [0.2, 0.25) is 0 Å². The minimum Gasteiger partial charge on any atom is -0.368 e. The van der Waals surface area contributed by atoms with Crippen molar-refractivity contribution in [1.82, 2.24) is 10.3 Å². The number of carbonyl (C=O) groups is 3. The number of hydrogen-bond donors (Lipinski definition) is 3. The standard InChI is InChI=1S/C27H24N4O3S/c28-24(32)16-31-21-12-6-7-13-22(21)35-23(14-17-8-2-1-3-9-17)25(27(31)34)30-26(33)20-15-18-10-4-5-11-19(18)29-20/h1-13,15,23,25,29H,14,16H2,(H2,28,32)(H,30,33). The molecule has 4 N–H and O–H groups in total. The predicted octanol–water partition coefficient (Wildman–Crippen LogP) is 3.50. The van der Waals surface area contributed by atoms with E-state index < -0.39 is 11.9 Å². The Morgan fingerprint density at radius 1 is 0.971 bits per heavy atom. The van der Waals surface area contributed by atoms with Crippen molar-refractivity contribution in [3.8, 4) is 0 Å². The maximum atomic E-state index is 13.9. The van der Waals surface area contributed by atoms with Gasteiger partial charge >= 0.3 is 0 Å². The summed E-state index contributed by atoms with van der Waals surface area (Å²) in [4.78, 5) is 44.4. The van der Waals surface area contributed by atoms with E-state index >= 15 is 0 Å². The van der Waals surface area contributed by atoms with Crippen molar-refractivity contribution in [2.75, 3.05) is 11.4 Å². The summed E-state index contributed by atoms with van der Waals surface area (Å²) < 4.78 is 0. The number of carbonyl (C=O) groups excluding carboxylic acids is 3. The fourth-order valence-electron chi connectivity index (χ4n) is 4.35. The molecular formula is C27H24N4O3S. The number of amides is 3. The van der Waals surface area contributed by atoms with E-state index in [1.807, 2.05) is 72.8 Å². The first-order valence-corrected chi connectivity index (χ1v) is 12.2. The quantitative estimate of drug-likeness (QED) is 0.389. The van der Waals surface area contributed by atoms with Crippen LogP contribution in [-0.2, 0) is 16.0 Å². The Balaban J connectivity index is 1.53. The Bertz CT molecular complexity index is 1370. The highest BCUT2D eigenvalue weighted by molar-refractivity contribution is 8.00. The smallest absolute Gasteiger partial charge is 0.268 e. The zero-order valence-corrected chi connectivity index (χ0v) is 19.6. The van der Waals surface area contributed by atoms with Crippen LogP contribution >= 0.6 is 11.8 Å². The minimum atomic E-state index is -0.883. The van der Waals surface area contributed by atoms with Gasteiger partial charge in [0, 0.05) is 21.0 Å². The van der Waals surface area contributed by atoms with E-state index in [0.29, 0.717) is 17.8 Å². The summed E-state index contributed by atoms with van der Waals surface area (Å²) in [6.45, 7) is -0.271. The molecule has 2 heterocycles. The number of hydrogen-bond acceptors (Lipinski definition) is 4. The summed E-state index contributed by atoms with van der Waals surface area (Å²) in [6.07, 6.45) is 0.549. The van der Waals surface area contributed by atoms with Gasteiger partial charge in [-0.15, -0.1) is 11.8 Å². The van der Waals surface area contributed by atoms with Crippen LogP contribution in [0.4, 0.5) is 5.69 Å². The Kier molecular flexibility index (Phi) is 6.29. The van der Waals surface area contributed by atoms with E-state index in [4.69, 9.17) is 5.73 Å². The van der Waals surface area contributed by atoms with Gasteiger partial charge in [-0.25, -0.2) is 0 Å². The number of nitrogens with two attached hydrogens (primary N) is 1. The van der Waals surface area contributed by atoms with Crippen molar-refractivity contribution >= 4 is 46.1 Å². The number of primary amides is 1. The highest BCUT2D eigenvalue weighted by Crippen LogP contribution is 2.39. The summed E-state index contributed by atoms with van der Waals surface area (Å²) in [5, 5.41) is 3.56. The first kappa shape index (κ1) is 22.7. The van der Waals surface area contributed by atoms with Gasteiger partial charge in [0.05, 0.1) is 5.69 Å². The predicted molar refractivity (Wildman–Crippen MR) is 137 cm³/mol. The molecule has 0 bridgehead atoms. The summed E-state index contributed by atoms with van der Waals surface area (Å²) in [7, 11) is 0. The number of nitrogens with zero attached hydrogens (tertiary/aromatic N) is 1. The molecule has 3 aromatic carbocycles. The van der Waals surface area contributed by atoms with Gasteiger partial charge in [-0.2, -0.15) is 0 Å². The largest absolute Gasteiger partial charge is 0.368 e. The van der Waals surface area contributed by atoms with Crippen molar-refractivity contribution in [3.05, 3.63) is 96.2 Å². The highest BCUT2D eigenvalue weighted by Gasteiger charge is 2.39.